The van der Waals surface area contributed by atoms with Crippen LogP contribution >= 0.6 is 11.6 Å². The van der Waals surface area contributed by atoms with Crippen molar-refractivity contribution >= 4 is 40.5 Å². The second-order valence-corrected chi connectivity index (χ2v) is 7.08. The standard InChI is InChI=1S/C21H15ClN4O2/c22-13-10-11-18-16(12-13)21(20(28)23-18)24-17-9-5-4-8-15(17)19(27)26(21)25-14-6-2-1-3-7-14/h1-12,24-25H,(H,23,28). The first kappa shape index (κ1) is 16.6. The summed E-state index contributed by atoms with van der Waals surface area (Å²) in [5.41, 5.74) is 4.56. The molecule has 2 amide bonds. The molecule has 6 nitrogen and oxygen atoms in total. The molecule has 2 heterocycles. The van der Waals surface area contributed by atoms with Crippen LogP contribution in [-0.4, -0.2) is 16.8 Å². The van der Waals surface area contributed by atoms with Crippen molar-refractivity contribution in [3.05, 3.63) is 88.9 Å². The molecule has 0 fully saturated rings. The van der Waals surface area contributed by atoms with Gasteiger partial charge in [0.1, 0.15) is 0 Å². The molecule has 1 spiro atoms. The van der Waals surface area contributed by atoms with E-state index in [1.807, 2.05) is 36.4 Å². The Morgan fingerprint density at radius 1 is 0.893 bits per heavy atom. The van der Waals surface area contributed by atoms with E-state index in [4.69, 9.17) is 11.6 Å². The molecule has 0 radical (unpaired) electrons. The highest BCUT2D eigenvalue weighted by Crippen LogP contribution is 2.46. The summed E-state index contributed by atoms with van der Waals surface area (Å²) in [5.74, 6) is -0.683. The SMILES string of the molecule is O=C1c2ccccc2NC2(C(=O)Nc3ccc(Cl)cc32)N1Nc1ccccc1. The Hall–Kier alpha value is -3.51. The lowest BCUT2D eigenvalue weighted by Gasteiger charge is -2.44. The molecule has 2 aliphatic heterocycles. The van der Waals surface area contributed by atoms with Gasteiger partial charge in [-0.3, -0.25) is 15.0 Å². The number of hydrogen-bond donors (Lipinski definition) is 3. The fourth-order valence-corrected chi connectivity index (χ4v) is 3.86. The van der Waals surface area contributed by atoms with Gasteiger partial charge in [0.2, 0.25) is 5.66 Å². The number of nitrogens with one attached hydrogen (secondary N) is 3. The molecule has 0 saturated carbocycles. The van der Waals surface area contributed by atoms with Gasteiger partial charge in [-0.25, -0.2) is 5.01 Å². The van der Waals surface area contributed by atoms with E-state index in [1.54, 1.807) is 36.4 Å². The summed E-state index contributed by atoms with van der Waals surface area (Å²) in [4.78, 5) is 26.7. The molecular weight excluding hydrogens is 376 g/mol. The Labute approximate surface area is 166 Å². The first-order valence-corrected chi connectivity index (χ1v) is 9.12. The lowest BCUT2D eigenvalue weighted by atomic mass is 9.94. The van der Waals surface area contributed by atoms with Gasteiger partial charge in [0, 0.05) is 22.0 Å². The van der Waals surface area contributed by atoms with Crippen LogP contribution in [0.4, 0.5) is 17.1 Å². The molecule has 7 heteroatoms. The number of amides is 2. The van der Waals surface area contributed by atoms with Crippen molar-refractivity contribution < 1.29 is 9.59 Å². The van der Waals surface area contributed by atoms with Crippen molar-refractivity contribution in [1.82, 2.24) is 5.01 Å². The van der Waals surface area contributed by atoms with E-state index in [-0.39, 0.29) is 11.8 Å². The van der Waals surface area contributed by atoms with Crippen LogP contribution in [0.3, 0.4) is 0 Å². The summed E-state index contributed by atoms with van der Waals surface area (Å²) in [7, 11) is 0. The number of benzene rings is 3. The van der Waals surface area contributed by atoms with Crippen LogP contribution in [0.2, 0.25) is 5.02 Å². The minimum absolute atomic E-state index is 0.318. The average molecular weight is 391 g/mol. The highest BCUT2D eigenvalue weighted by Gasteiger charge is 2.57. The zero-order chi connectivity index (χ0) is 19.3. The summed E-state index contributed by atoms with van der Waals surface area (Å²) in [5, 5.41) is 7.95. The number of halogens is 1. The fourth-order valence-electron chi connectivity index (χ4n) is 3.68. The average Bonchev–Trinajstić information content (AvgIpc) is 2.97. The largest absolute Gasteiger partial charge is 0.349 e. The molecule has 1 atom stereocenters. The molecule has 0 saturated heterocycles. The predicted octanol–water partition coefficient (Wildman–Crippen LogP) is 4.04. The summed E-state index contributed by atoms with van der Waals surface area (Å²) >= 11 is 6.23. The van der Waals surface area contributed by atoms with Crippen LogP contribution in [0.15, 0.2) is 72.8 Å². The molecule has 2 aliphatic rings. The zero-order valence-electron chi connectivity index (χ0n) is 14.6. The number of hydrazine groups is 1. The van der Waals surface area contributed by atoms with Gasteiger partial charge in [-0.05, 0) is 42.5 Å². The number of nitrogens with zero attached hydrogens (tertiary/aromatic N) is 1. The molecule has 138 valence electrons. The number of carbonyl (C=O) groups is 2. The highest BCUT2D eigenvalue weighted by molar-refractivity contribution is 6.31. The summed E-state index contributed by atoms with van der Waals surface area (Å²) in [6, 6.07) is 21.5. The third-order valence-electron chi connectivity index (χ3n) is 4.97. The fraction of sp³-hybridized carbons (Fsp3) is 0.0476. The highest BCUT2D eigenvalue weighted by atomic mass is 35.5. The van der Waals surface area contributed by atoms with Gasteiger partial charge < -0.3 is 10.6 Å². The molecule has 0 aliphatic carbocycles. The quantitative estimate of drug-likeness (QED) is 0.617. The van der Waals surface area contributed by atoms with E-state index < -0.39 is 5.66 Å². The van der Waals surface area contributed by atoms with E-state index in [0.717, 1.165) is 0 Å². The zero-order valence-corrected chi connectivity index (χ0v) is 15.3. The smallest absolute Gasteiger partial charge is 0.277 e. The number of hydrogen-bond acceptors (Lipinski definition) is 4. The maximum absolute atomic E-state index is 13.4. The monoisotopic (exact) mass is 390 g/mol. The second-order valence-electron chi connectivity index (χ2n) is 6.64. The minimum atomic E-state index is -1.47. The molecule has 5 rings (SSSR count). The summed E-state index contributed by atoms with van der Waals surface area (Å²) in [6.45, 7) is 0. The number of carbonyl (C=O) groups excluding carboxylic acids is 2. The van der Waals surface area contributed by atoms with E-state index in [1.165, 1.54) is 5.01 Å². The Bertz CT molecular complexity index is 1120. The molecule has 28 heavy (non-hydrogen) atoms. The van der Waals surface area contributed by atoms with Crippen molar-refractivity contribution in [2.45, 2.75) is 5.66 Å². The second kappa shape index (κ2) is 6.00. The lowest BCUT2D eigenvalue weighted by molar-refractivity contribution is -0.124. The van der Waals surface area contributed by atoms with Crippen LogP contribution in [0.1, 0.15) is 15.9 Å². The Morgan fingerprint density at radius 2 is 1.64 bits per heavy atom. The lowest BCUT2D eigenvalue weighted by Crippen LogP contribution is -2.63. The van der Waals surface area contributed by atoms with Crippen LogP contribution < -0.4 is 16.1 Å². The van der Waals surface area contributed by atoms with Crippen LogP contribution in [0, 0.1) is 0 Å². The molecule has 0 aromatic heterocycles. The van der Waals surface area contributed by atoms with Crippen molar-refractivity contribution in [3.8, 4) is 0 Å². The van der Waals surface area contributed by atoms with Crippen molar-refractivity contribution in [3.63, 3.8) is 0 Å². The van der Waals surface area contributed by atoms with Gasteiger partial charge in [0.05, 0.1) is 11.3 Å². The normalized spacial score (nSPS) is 19.7. The summed E-state index contributed by atoms with van der Waals surface area (Å²) in [6.07, 6.45) is 0. The van der Waals surface area contributed by atoms with Crippen LogP contribution in [-0.2, 0) is 10.5 Å². The van der Waals surface area contributed by atoms with E-state index in [0.29, 0.717) is 33.2 Å². The Morgan fingerprint density at radius 3 is 2.46 bits per heavy atom. The van der Waals surface area contributed by atoms with Gasteiger partial charge >= 0.3 is 0 Å². The molecule has 3 aromatic carbocycles. The molecular formula is C21H15ClN4O2. The Balaban J connectivity index is 1.74. The van der Waals surface area contributed by atoms with Gasteiger partial charge in [0.15, 0.2) is 0 Å². The van der Waals surface area contributed by atoms with E-state index >= 15 is 0 Å². The molecule has 3 aromatic rings. The minimum Gasteiger partial charge on any atom is -0.349 e. The van der Waals surface area contributed by atoms with Crippen molar-refractivity contribution in [2.24, 2.45) is 0 Å². The van der Waals surface area contributed by atoms with Gasteiger partial charge in [-0.15, -0.1) is 0 Å². The first-order valence-electron chi connectivity index (χ1n) is 8.74. The third kappa shape index (κ3) is 2.28. The first-order chi connectivity index (χ1) is 13.6. The maximum atomic E-state index is 13.4. The maximum Gasteiger partial charge on any atom is 0.277 e. The van der Waals surface area contributed by atoms with E-state index in [2.05, 4.69) is 16.1 Å². The van der Waals surface area contributed by atoms with Crippen molar-refractivity contribution in [2.75, 3.05) is 16.1 Å². The molecule has 0 bridgehead atoms. The Kier molecular flexibility index (Phi) is 3.57. The number of para-hydroxylation sites is 2. The van der Waals surface area contributed by atoms with Crippen LogP contribution in [0.5, 0.6) is 0 Å². The van der Waals surface area contributed by atoms with Crippen LogP contribution in [0.25, 0.3) is 0 Å². The van der Waals surface area contributed by atoms with Gasteiger partial charge in [0.25, 0.3) is 11.8 Å². The third-order valence-corrected chi connectivity index (χ3v) is 5.21. The van der Waals surface area contributed by atoms with Gasteiger partial charge in [-0.2, -0.15) is 0 Å². The molecule has 3 N–H and O–H groups in total. The topological polar surface area (TPSA) is 73.5 Å². The number of anilines is 3. The summed E-state index contributed by atoms with van der Waals surface area (Å²) < 4.78 is 0. The number of fused-ring (bicyclic) bond motifs is 3. The van der Waals surface area contributed by atoms with Crippen molar-refractivity contribution in [1.29, 1.82) is 0 Å². The van der Waals surface area contributed by atoms with Gasteiger partial charge in [-0.1, -0.05) is 41.9 Å². The van der Waals surface area contributed by atoms with E-state index in [9.17, 15) is 9.59 Å². The molecule has 1 unspecified atom stereocenters. The number of rotatable bonds is 2. The predicted molar refractivity (Wildman–Crippen MR) is 108 cm³/mol.